The Morgan fingerprint density at radius 2 is 1.58 bits per heavy atom. The number of carbonyl (C=O) groups is 3. The van der Waals surface area contributed by atoms with E-state index in [1.165, 1.54) is 14.2 Å². The molecule has 0 radical (unpaired) electrons. The molecule has 5 rings (SSSR count). The quantitative estimate of drug-likeness (QED) is 0.223. The normalized spacial score (nSPS) is 29.6. The number of amides is 2. The van der Waals surface area contributed by atoms with Crippen molar-refractivity contribution in [2.45, 2.75) is 94.6 Å². The van der Waals surface area contributed by atoms with Crippen molar-refractivity contribution < 1.29 is 62.5 Å². The number of cyclic esters (lactones) is 1. The van der Waals surface area contributed by atoms with Crippen molar-refractivity contribution in [1.82, 2.24) is 4.90 Å². The summed E-state index contributed by atoms with van der Waals surface area (Å²) in [5, 5.41) is 22.0. The number of carbonyl (C=O) groups excluding carboxylic acids is 3. The summed E-state index contributed by atoms with van der Waals surface area (Å²) in [6.45, 7) is 3.83. The Hall–Kier alpha value is -3.09. The summed E-state index contributed by atoms with van der Waals surface area (Å²) >= 11 is 3.27. The second kappa shape index (κ2) is 19.0. The first-order chi connectivity index (χ1) is 25.5. The molecule has 3 aliphatic rings. The van der Waals surface area contributed by atoms with Gasteiger partial charge in [0.15, 0.2) is 30.1 Å². The Morgan fingerprint density at radius 1 is 0.962 bits per heavy atom. The highest BCUT2D eigenvalue weighted by molar-refractivity contribution is 9.11. The summed E-state index contributed by atoms with van der Waals surface area (Å²) in [6, 6.07) is 18.6. The van der Waals surface area contributed by atoms with E-state index in [1.54, 1.807) is 0 Å². The number of imide groups is 1. The largest absolute Gasteiger partial charge is 0.447 e. The number of ether oxygens (including phenoxy) is 8. The number of benzene rings is 2. The van der Waals surface area contributed by atoms with Gasteiger partial charge in [-0.3, -0.25) is 9.59 Å². The molecule has 0 bridgehead atoms. The third kappa shape index (κ3) is 9.78. The number of aliphatic hydroxyl groups excluding tert-OH is 1. The van der Waals surface area contributed by atoms with Crippen molar-refractivity contribution in [3.8, 4) is 0 Å². The molecule has 15 heteroatoms. The molecule has 14 nitrogen and oxygen atoms in total. The van der Waals surface area contributed by atoms with Crippen LogP contribution in [0.2, 0.25) is 0 Å². The number of aliphatic hydroxyl groups is 2. The molecule has 0 aliphatic carbocycles. The molecular formula is C38H48BrNO13. The standard InChI is InChI=1S/C38H48BrNO13/c1-23(2)26-22-51-37(44)40(26)35(43)33(46-3)30-27(42)18-29(39)38(45,53-30)16-11-17-48-34-32(50-21-25-14-9-6-10-15-25)31(28(19-41)52-36(34)47-4)49-20-24-12-7-5-8-13-24/h5-10,12-15,18,23,26,28,30-34,36,41,45H,11,16-17,19-22H2,1-4H3/t26-,28+,30-,31+,32-,33+,34-,36-,38-/m0/s1. The van der Waals surface area contributed by atoms with E-state index in [9.17, 15) is 24.6 Å². The van der Waals surface area contributed by atoms with Crippen LogP contribution in [-0.4, -0.2) is 122 Å². The van der Waals surface area contributed by atoms with Crippen molar-refractivity contribution >= 4 is 33.7 Å². The molecule has 53 heavy (non-hydrogen) atoms. The van der Waals surface area contributed by atoms with Gasteiger partial charge in [0, 0.05) is 27.2 Å². The number of hydrogen-bond acceptors (Lipinski definition) is 13. The molecule has 0 spiro atoms. The van der Waals surface area contributed by atoms with Crippen molar-refractivity contribution in [2.24, 2.45) is 5.92 Å². The minimum atomic E-state index is -2.04. The van der Waals surface area contributed by atoms with Gasteiger partial charge in [-0.1, -0.05) is 74.5 Å². The van der Waals surface area contributed by atoms with E-state index in [1.807, 2.05) is 74.5 Å². The highest BCUT2D eigenvalue weighted by atomic mass is 79.9. The maximum Gasteiger partial charge on any atom is 0.417 e. The maximum atomic E-state index is 13.6. The molecule has 0 saturated carbocycles. The fraction of sp³-hybridized carbons (Fsp3) is 0.553. The Kier molecular flexibility index (Phi) is 14.7. The number of methoxy groups -OCH3 is 2. The van der Waals surface area contributed by atoms with Crippen LogP contribution in [0.3, 0.4) is 0 Å². The molecule has 3 heterocycles. The van der Waals surface area contributed by atoms with Gasteiger partial charge in [0.05, 0.1) is 30.3 Å². The Labute approximate surface area is 317 Å². The van der Waals surface area contributed by atoms with Crippen molar-refractivity contribution in [3.05, 3.63) is 82.3 Å². The monoisotopic (exact) mass is 805 g/mol. The molecule has 0 aromatic heterocycles. The van der Waals surface area contributed by atoms with E-state index in [-0.39, 0.29) is 56.3 Å². The van der Waals surface area contributed by atoms with Crippen LogP contribution in [0.5, 0.6) is 0 Å². The number of hydrogen-bond donors (Lipinski definition) is 2. The van der Waals surface area contributed by atoms with Crippen LogP contribution in [0.25, 0.3) is 0 Å². The third-order valence-corrected chi connectivity index (χ3v) is 10.3. The zero-order valence-electron chi connectivity index (χ0n) is 30.2. The number of ketones is 1. The molecule has 3 aliphatic heterocycles. The van der Waals surface area contributed by atoms with Crippen LogP contribution < -0.4 is 0 Å². The lowest BCUT2D eigenvalue weighted by Crippen LogP contribution is -2.61. The van der Waals surface area contributed by atoms with Gasteiger partial charge in [-0.15, -0.1) is 0 Å². The Morgan fingerprint density at radius 3 is 2.15 bits per heavy atom. The second-order valence-corrected chi connectivity index (χ2v) is 14.2. The summed E-state index contributed by atoms with van der Waals surface area (Å²) in [7, 11) is 2.68. The first kappa shape index (κ1) is 41.1. The second-order valence-electron chi connectivity index (χ2n) is 13.4. The first-order valence-electron chi connectivity index (χ1n) is 17.6. The average molecular weight is 807 g/mol. The zero-order valence-corrected chi connectivity index (χ0v) is 31.8. The van der Waals surface area contributed by atoms with Crippen molar-refractivity contribution in [1.29, 1.82) is 0 Å². The third-order valence-electron chi connectivity index (χ3n) is 9.47. The summed E-state index contributed by atoms with van der Waals surface area (Å²) < 4.78 is 47.4. The number of nitrogens with zero attached hydrogens (tertiary/aromatic N) is 1. The smallest absolute Gasteiger partial charge is 0.417 e. The van der Waals surface area contributed by atoms with E-state index in [4.69, 9.17) is 37.9 Å². The summed E-state index contributed by atoms with van der Waals surface area (Å²) in [6.07, 6.45) is -6.73. The summed E-state index contributed by atoms with van der Waals surface area (Å²) in [4.78, 5) is 40.2. The number of rotatable bonds is 17. The molecule has 9 atom stereocenters. The van der Waals surface area contributed by atoms with Gasteiger partial charge >= 0.3 is 6.09 Å². The van der Waals surface area contributed by atoms with Crippen molar-refractivity contribution in [2.75, 3.05) is 34.0 Å². The SMILES string of the molecule is CO[C@H]1O[C@H](CO)[C@@H](OCc2ccccc2)[C@H](OCc2ccccc2)[C@@H]1OCCC[C@]1(O)O[C@H]([C@@H](OC)C(=O)N2C(=O)OC[C@H]2C(C)C)C(=O)C=C1Br. The van der Waals surface area contributed by atoms with Gasteiger partial charge in [-0.2, -0.15) is 0 Å². The van der Waals surface area contributed by atoms with E-state index in [0.29, 0.717) is 0 Å². The lowest BCUT2D eigenvalue weighted by atomic mass is 9.97. The molecule has 2 N–H and O–H groups in total. The van der Waals surface area contributed by atoms with Gasteiger partial charge in [0.1, 0.15) is 31.0 Å². The minimum absolute atomic E-state index is 0.0161. The summed E-state index contributed by atoms with van der Waals surface area (Å²) in [5.41, 5.74) is 1.84. The number of halogens is 1. The van der Waals surface area contributed by atoms with Crippen molar-refractivity contribution in [3.63, 3.8) is 0 Å². The van der Waals surface area contributed by atoms with Gasteiger partial charge in [-0.05, 0) is 45.5 Å². The lowest BCUT2D eigenvalue weighted by Gasteiger charge is -2.45. The van der Waals surface area contributed by atoms with E-state index < -0.39 is 72.5 Å². The molecule has 0 unspecified atom stereocenters. The average Bonchev–Trinajstić information content (AvgIpc) is 3.56. The highest BCUT2D eigenvalue weighted by Gasteiger charge is 2.51. The van der Waals surface area contributed by atoms with Gasteiger partial charge in [0.2, 0.25) is 0 Å². The molecule has 2 saturated heterocycles. The highest BCUT2D eigenvalue weighted by Crippen LogP contribution is 2.37. The van der Waals surface area contributed by atoms with Crippen LogP contribution in [0, 0.1) is 5.92 Å². The van der Waals surface area contributed by atoms with E-state index >= 15 is 0 Å². The minimum Gasteiger partial charge on any atom is -0.447 e. The fourth-order valence-corrected chi connectivity index (χ4v) is 7.07. The van der Waals surface area contributed by atoms with Crippen LogP contribution in [-0.2, 0) is 60.7 Å². The van der Waals surface area contributed by atoms with Crippen LogP contribution in [0.1, 0.15) is 37.8 Å². The molecule has 2 aromatic rings. The lowest BCUT2D eigenvalue weighted by molar-refractivity contribution is -0.320. The maximum absolute atomic E-state index is 13.6. The van der Waals surface area contributed by atoms with Crippen LogP contribution >= 0.6 is 15.9 Å². The van der Waals surface area contributed by atoms with E-state index in [0.717, 1.165) is 22.1 Å². The Bertz CT molecular complexity index is 1550. The molecule has 290 valence electrons. The molecule has 2 aromatic carbocycles. The first-order valence-corrected chi connectivity index (χ1v) is 18.4. The van der Waals surface area contributed by atoms with Gasteiger partial charge in [-0.25, -0.2) is 9.69 Å². The molecular weight excluding hydrogens is 758 g/mol. The summed E-state index contributed by atoms with van der Waals surface area (Å²) in [5.74, 6) is -3.60. The fourth-order valence-electron chi connectivity index (χ4n) is 6.55. The zero-order chi connectivity index (χ0) is 38.1. The molecule has 2 amide bonds. The van der Waals surface area contributed by atoms with Gasteiger partial charge in [0.25, 0.3) is 5.91 Å². The van der Waals surface area contributed by atoms with Crippen LogP contribution in [0.4, 0.5) is 4.79 Å². The topological polar surface area (TPSA) is 169 Å². The Balaban J connectivity index is 1.29. The molecule has 2 fully saturated rings. The van der Waals surface area contributed by atoms with E-state index in [2.05, 4.69) is 15.9 Å². The predicted octanol–water partition coefficient (Wildman–Crippen LogP) is 3.64. The predicted molar refractivity (Wildman–Crippen MR) is 191 cm³/mol. The van der Waals surface area contributed by atoms with Gasteiger partial charge < -0.3 is 48.1 Å². The van der Waals surface area contributed by atoms with Crippen LogP contribution in [0.15, 0.2) is 71.2 Å².